The maximum absolute atomic E-state index is 11.9. The molecule has 2 heterocycles. The SMILES string of the molecule is Cc1cc(C)n(CC(=O)NNC(=O)/C=C/c2cn(Cc3ccccc3)nn2)n1. The van der Waals surface area contributed by atoms with Gasteiger partial charge in [-0.1, -0.05) is 35.5 Å². The number of carbonyl (C=O) groups excluding carboxylic acids is 2. The molecule has 2 amide bonds. The van der Waals surface area contributed by atoms with Crippen molar-refractivity contribution in [2.75, 3.05) is 0 Å². The van der Waals surface area contributed by atoms with E-state index in [1.807, 2.05) is 50.2 Å². The standard InChI is InChI=1S/C19H21N7O2/c1-14-10-15(2)26(23-14)13-19(28)22-21-18(27)9-8-17-12-25(24-20-17)11-16-6-4-3-5-7-16/h3-10,12H,11,13H2,1-2H3,(H,21,27)(H,22,28)/b9-8+. The zero-order chi connectivity index (χ0) is 19.9. The van der Waals surface area contributed by atoms with Gasteiger partial charge in [0.05, 0.1) is 18.4 Å². The van der Waals surface area contributed by atoms with Crippen molar-refractivity contribution in [1.82, 2.24) is 35.6 Å². The van der Waals surface area contributed by atoms with Crippen LogP contribution in [0.25, 0.3) is 6.08 Å². The number of rotatable bonds is 6. The van der Waals surface area contributed by atoms with Crippen LogP contribution in [-0.4, -0.2) is 36.6 Å². The van der Waals surface area contributed by atoms with E-state index in [9.17, 15) is 9.59 Å². The quantitative estimate of drug-likeness (QED) is 0.491. The summed E-state index contributed by atoms with van der Waals surface area (Å²) >= 11 is 0. The van der Waals surface area contributed by atoms with Crippen LogP contribution < -0.4 is 10.9 Å². The van der Waals surface area contributed by atoms with Crippen molar-refractivity contribution < 1.29 is 9.59 Å². The van der Waals surface area contributed by atoms with Gasteiger partial charge in [-0.05, 0) is 31.6 Å². The Morgan fingerprint density at radius 3 is 2.64 bits per heavy atom. The smallest absolute Gasteiger partial charge is 0.262 e. The minimum Gasteiger partial charge on any atom is -0.271 e. The molecule has 9 heteroatoms. The molecule has 0 radical (unpaired) electrons. The third-order valence-electron chi connectivity index (χ3n) is 3.87. The minimum atomic E-state index is -0.473. The predicted molar refractivity (Wildman–Crippen MR) is 103 cm³/mol. The van der Waals surface area contributed by atoms with Crippen LogP contribution in [0.3, 0.4) is 0 Å². The second-order valence-electron chi connectivity index (χ2n) is 6.28. The van der Waals surface area contributed by atoms with Gasteiger partial charge in [0, 0.05) is 11.8 Å². The molecule has 9 nitrogen and oxygen atoms in total. The van der Waals surface area contributed by atoms with Crippen LogP contribution in [-0.2, 0) is 22.7 Å². The lowest BCUT2D eigenvalue weighted by Crippen LogP contribution is -2.42. The highest BCUT2D eigenvalue weighted by molar-refractivity contribution is 5.92. The van der Waals surface area contributed by atoms with Crippen molar-refractivity contribution in [2.45, 2.75) is 26.9 Å². The number of amides is 2. The molecule has 0 atom stereocenters. The second-order valence-corrected chi connectivity index (χ2v) is 6.28. The van der Waals surface area contributed by atoms with Gasteiger partial charge in [0.25, 0.3) is 11.8 Å². The fourth-order valence-corrected chi connectivity index (χ4v) is 2.58. The fourth-order valence-electron chi connectivity index (χ4n) is 2.58. The average molecular weight is 379 g/mol. The fraction of sp³-hybridized carbons (Fsp3) is 0.211. The normalized spacial score (nSPS) is 10.9. The molecule has 0 saturated heterocycles. The summed E-state index contributed by atoms with van der Waals surface area (Å²) < 4.78 is 3.25. The number of hydrazine groups is 1. The Morgan fingerprint density at radius 1 is 1.14 bits per heavy atom. The van der Waals surface area contributed by atoms with E-state index in [4.69, 9.17) is 0 Å². The van der Waals surface area contributed by atoms with Crippen LogP contribution in [0.2, 0.25) is 0 Å². The minimum absolute atomic E-state index is 0.0253. The van der Waals surface area contributed by atoms with Crippen molar-refractivity contribution >= 4 is 17.9 Å². The maximum atomic E-state index is 11.9. The van der Waals surface area contributed by atoms with E-state index in [1.165, 1.54) is 12.2 Å². The Hall–Kier alpha value is -3.75. The third-order valence-corrected chi connectivity index (χ3v) is 3.87. The van der Waals surface area contributed by atoms with Gasteiger partial charge in [-0.25, -0.2) is 4.68 Å². The number of carbonyl (C=O) groups is 2. The number of hydrogen-bond acceptors (Lipinski definition) is 5. The highest BCUT2D eigenvalue weighted by atomic mass is 16.2. The molecular weight excluding hydrogens is 358 g/mol. The van der Waals surface area contributed by atoms with E-state index in [0.717, 1.165) is 17.0 Å². The molecule has 0 spiro atoms. The Kier molecular flexibility index (Phi) is 5.95. The number of aromatic nitrogens is 5. The van der Waals surface area contributed by atoms with Gasteiger partial charge < -0.3 is 0 Å². The van der Waals surface area contributed by atoms with Crippen molar-refractivity contribution in [3.05, 3.63) is 71.3 Å². The third kappa shape index (κ3) is 5.37. The van der Waals surface area contributed by atoms with Gasteiger partial charge in [-0.2, -0.15) is 5.10 Å². The largest absolute Gasteiger partial charge is 0.271 e. The monoisotopic (exact) mass is 379 g/mol. The molecule has 0 fully saturated rings. The van der Waals surface area contributed by atoms with Gasteiger partial charge in [0.15, 0.2) is 0 Å². The number of aryl methyl sites for hydroxylation is 2. The molecule has 1 aromatic carbocycles. The van der Waals surface area contributed by atoms with Crippen molar-refractivity contribution in [1.29, 1.82) is 0 Å². The molecule has 3 rings (SSSR count). The van der Waals surface area contributed by atoms with Crippen LogP contribution in [0, 0.1) is 13.8 Å². The van der Waals surface area contributed by atoms with E-state index < -0.39 is 5.91 Å². The lowest BCUT2D eigenvalue weighted by molar-refractivity contribution is -0.127. The second kappa shape index (κ2) is 8.76. The van der Waals surface area contributed by atoms with Gasteiger partial charge >= 0.3 is 0 Å². The average Bonchev–Trinajstić information content (AvgIpc) is 3.24. The first-order valence-electron chi connectivity index (χ1n) is 8.71. The van der Waals surface area contributed by atoms with E-state index in [2.05, 4.69) is 26.3 Å². The van der Waals surface area contributed by atoms with Gasteiger partial charge in [-0.15, -0.1) is 5.10 Å². The van der Waals surface area contributed by atoms with Crippen LogP contribution in [0.4, 0.5) is 0 Å². The molecule has 0 aliphatic heterocycles. The molecule has 144 valence electrons. The van der Waals surface area contributed by atoms with Crippen LogP contribution in [0.5, 0.6) is 0 Å². The highest BCUT2D eigenvalue weighted by Gasteiger charge is 2.07. The summed E-state index contributed by atoms with van der Waals surface area (Å²) in [6.07, 6.45) is 4.54. The first-order chi connectivity index (χ1) is 13.5. The maximum Gasteiger partial charge on any atom is 0.262 e. The Labute approximate surface area is 162 Å². The first kappa shape index (κ1) is 19.0. The lowest BCUT2D eigenvalue weighted by Gasteiger charge is -2.06. The zero-order valence-electron chi connectivity index (χ0n) is 15.7. The zero-order valence-corrected chi connectivity index (χ0v) is 15.7. The Balaban J connectivity index is 1.46. The summed E-state index contributed by atoms with van der Waals surface area (Å²) in [7, 11) is 0. The van der Waals surface area contributed by atoms with Crippen LogP contribution >= 0.6 is 0 Å². The molecule has 28 heavy (non-hydrogen) atoms. The lowest BCUT2D eigenvalue weighted by atomic mass is 10.2. The molecular formula is C19H21N7O2. The molecule has 0 saturated carbocycles. The van der Waals surface area contributed by atoms with E-state index in [1.54, 1.807) is 15.6 Å². The first-order valence-corrected chi connectivity index (χ1v) is 8.71. The molecule has 0 bridgehead atoms. The Bertz CT molecular complexity index is 989. The van der Waals surface area contributed by atoms with Crippen LogP contribution in [0.15, 0.2) is 48.7 Å². The molecule has 2 aromatic heterocycles. The predicted octanol–water partition coefficient (Wildman–Crippen LogP) is 1.00. The van der Waals surface area contributed by atoms with Crippen LogP contribution in [0.1, 0.15) is 22.6 Å². The molecule has 0 aliphatic rings. The van der Waals surface area contributed by atoms with E-state index in [0.29, 0.717) is 12.2 Å². The summed E-state index contributed by atoms with van der Waals surface area (Å²) in [5, 5.41) is 12.2. The van der Waals surface area contributed by atoms with Crippen molar-refractivity contribution in [2.24, 2.45) is 0 Å². The molecule has 2 N–H and O–H groups in total. The summed E-state index contributed by atoms with van der Waals surface area (Å²) in [6.45, 7) is 4.33. The molecule has 3 aromatic rings. The van der Waals surface area contributed by atoms with Gasteiger partial charge in [0.1, 0.15) is 12.2 Å². The molecule has 0 aliphatic carbocycles. The van der Waals surface area contributed by atoms with Gasteiger partial charge in [-0.3, -0.25) is 25.1 Å². The summed E-state index contributed by atoms with van der Waals surface area (Å²) in [6, 6.07) is 11.7. The molecule has 0 unspecified atom stereocenters. The summed E-state index contributed by atoms with van der Waals surface area (Å²) in [5.41, 5.74) is 8.02. The van der Waals surface area contributed by atoms with Crippen molar-refractivity contribution in [3.63, 3.8) is 0 Å². The van der Waals surface area contributed by atoms with Gasteiger partial charge in [0.2, 0.25) is 0 Å². The van der Waals surface area contributed by atoms with E-state index >= 15 is 0 Å². The number of hydrogen-bond donors (Lipinski definition) is 2. The number of benzene rings is 1. The number of nitrogens with zero attached hydrogens (tertiary/aromatic N) is 5. The number of nitrogens with one attached hydrogen (secondary N) is 2. The van der Waals surface area contributed by atoms with Crippen molar-refractivity contribution in [3.8, 4) is 0 Å². The summed E-state index contributed by atoms with van der Waals surface area (Å²) in [5.74, 6) is -0.846. The topological polar surface area (TPSA) is 107 Å². The highest BCUT2D eigenvalue weighted by Crippen LogP contribution is 2.03. The summed E-state index contributed by atoms with van der Waals surface area (Å²) in [4.78, 5) is 23.7. The Morgan fingerprint density at radius 2 is 1.93 bits per heavy atom. The van der Waals surface area contributed by atoms with E-state index in [-0.39, 0.29) is 12.5 Å².